The molecule has 0 radical (unpaired) electrons. The molecule has 0 aromatic heterocycles. The zero-order valence-corrected chi connectivity index (χ0v) is 12.3. The highest BCUT2D eigenvalue weighted by Gasteiger charge is 2.71. The Kier molecular flexibility index (Phi) is 3.58. The summed E-state index contributed by atoms with van der Waals surface area (Å²) in [6, 6.07) is 0. The third-order valence-electron chi connectivity index (χ3n) is 5.23. The molecule has 2 unspecified atom stereocenters. The van der Waals surface area contributed by atoms with Crippen molar-refractivity contribution in [3.05, 3.63) is 0 Å². The third-order valence-corrected chi connectivity index (χ3v) is 6.17. The number of primary sulfonamides is 1. The lowest BCUT2D eigenvalue weighted by atomic mass is 9.96. The second-order valence-electron chi connectivity index (χ2n) is 6.80. The second-order valence-corrected chi connectivity index (χ2v) is 8.46. The van der Waals surface area contributed by atoms with Crippen molar-refractivity contribution in [3.8, 4) is 0 Å². The molecule has 2 atom stereocenters. The molecule has 2 N–H and O–H groups in total. The van der Waals surface area contributed by atoms with Crippen molar-refractivity contribution < 1.29 is 17.2 Å². The van der Waals surface area contributed by atoms with Gasteiger partial charge >= 0.3 is 0 Å². The number of hydrogen-bond acceptors (Lipinski definition) is 3. The van der Waals surface area contributed by atoms with E-state index >= 15 is 0 Å². The van der Waals surface area contributed by atoms with Crippen LogP contribution in [0.15, 0.2) is 0 Å². The minimum Gasteiger partial charge on any atom is -0.303 e. The highest BCUT2D eigenvalue weighted by molar-refractivity contribution is 7.89. The molecule has 1 heterocycles. The molecule has 7 heteroatoms. The van der Waals surface area contributed by atoms with E-state index in [1.165, 1.54) is 0 Å². The van der Waals surface area contributed by atoms with E-state index in [2.05, 4.69) is 4.90 Å². The molecular weight excluding hydrogens is 286 g/mol. The van der Waals surface area contributed by atoms with Gasteiger partial charge in [-0.25, -0.2) is 22.3 Å². The van der Waals surface area contributed by atoms with Crippen LogP contribution in [0.4, 0.5) is 8.78 Å². The van der Waals surface area contributed by atoms with Gasteiger partial charge in [-0.15, -0.1) is 0 Å². The van der Waals surface area contributed by atoms with Gasteiger partial charge in [-0.3, -0.25) is 0 Å². The fourth-order valence-electron chi connectivity index (χ4n) is 4.10. The van der Waals surface area contributed by atoms with E-state index < -0.39 is 15.9 Å². The number of piperidine rings is 1. The SMILES string of the molecule is NS(=O)(=O)CC1CCN(CC2CC3C(C2)C3(F)F)CC1. The normalized spacial score (nSPS) is 37.9. The van der Waals surface area contributed by atoms with E-state index in [1.54, 1.807) is 0 Å². The van der Waals surface area contributed by atoms with Crippen LogP contribution in [0, 0.1) is 23.7 Å². The fourth-order valence-corrected chi connectivity index (χ4v) is 5.09. The molecule has 116 valence electrons. The largest absolute Gasteiger partial charge is 0.303 e. The van der Waals surface area contributed by atoms with Gasteiger partial charge in [0.2, 0.25) is 10.0 Å². The molecule has 0 aromatic rings. The lowest BCUT2D eigenvalue weighted by molar-refractivity contribution is 0.0568. The number of fused-ring (bicyclic) bond motifs is 1. The van der Waals surface area contributed by atoms with Crippen LogP contribution >= 0.6 is 0 Å². The summed E-state index contributed by atoms with van der Waals surface area (Å²) < 4.78 is 48.3. The maximum absolute atomic E-state index is 13.1. The quantitative estimate of drug-likeness (QED) is 0.851. The van der Waals surface area contributed by atoms with E-state index in [1.807, 2.05) is 0 Å². The van der Waals surface area contributed by atoms with Crippen molar-refractivity contribution in [3.63, 3.8) is 0 Å². The summed E-state index contributed by atoms with van der Waals surface area (Å²) >= 11 is 0. The predicted molar refractivity (Wildman–Crippen MR) is 71.8 cm³/mol. The van der Waals surface area contributed by atoms with Crippen molar-refractivity contribution in [1.82, 2.24) is 4.90 Å². The summed E-state index contributed by atoms with van der Waals surface area (Å²) in [6.45, 7) is 2.62. The average Bonchev–Trinajstić information content (AvgIpc) is 2.73. The van der Waals surface area contributed by atoms with Gasteiger partial charge in [0, 0.05) is 18.4 Å². The van der Waals surface area contributed by atoms with Crippen LogP contribution in [0.3, 0.4) is 0 Å². The first-order valence-corrected chi connectivity index (χ1v) is 9.08. The maximum Gasteiger partial charge on any atom is 0.254 e. The van der Waals surface area contributed by atoms with Crippen molar-refractivity contribution in [2.45, 2.75) is 31.6 Å². The second kappa shape index (κ2) is 4.88. The van der Waals surface area contributed by atoms with E-state index in [9.17, 15) is 17.2 Å². The van der Waals surface area contributed by atoms with Crippen molar-refractivity contribution in [1.29, 1.82) is 0 Å². The predicted octanol–water partition coefficient (Wildman–Crippen LogP) is 1.28. The average molecular weight is 308 g/mol. The molecule has 3 rings (SSSR count). The van der Waals surface area contributed by atoms with Gasteiger partial charge < -0.3 is 4.90 Å². The van der Waals surface area contributed by atoms with Crippen LogP contribution in [-0.2, 0) is 10.0 Å². The summed E-state index contributed by atoms with van der Waals surface area (Å²) in [5.41, 5.74) is 0. The number of hydrogen-bond donors (Lipinski definition) is 1. The van der Waals surface area contributed by atoms with Gasteiger partial charge in [0.25, 0.3) is 5.92 Å². The Balaban J connectivity index is 1.40. The van der Waals surface area contributed by atoms with Crippen molar-refractivity contribution in [2.24, 2.45) is 28.8 Å². The Morgan fingerprint density at radius 2 is 1.65 bits per heavy atom. The van der Waals surface area contributed by atoms with Gasteiger partial charge in [-0.1, -0.05) is 0 Å². The van der Waals surface area contributed by atoms with Gasteiger partial charge in [-0.2, -0.15) is 0 Å². The number of rotatable bonds is 4. The van der Waals surface area contributed by atoms with Crippen LogP contribution in [0.2, 0.25) is 0 Å². The molecule has 20 heavy (non-hydrogen) atoms. The Morgan fingerprint density at radius 1 is 1.10 bits per heavy atom. The fraction of sp³-hybridized carbons (Fsp3) is 1.00. The number of sulfonamides is 1. The lowest BCUT2D eigenvalue weighted by Crippen LogP contribution is -2.39. The summed E-state index contributed by atoms with van der Waals surface area (Å²) in [5.74, 6) is -2.46. The first-order chi connectivity index (χ1) is 9.25. The Morgan fingerprint density at radius 3 is 2.15 bits per heavy atom. The standard InChI is InChI=1S/C13H22F2N2O2S/c14-13(15)11-5-10(6-12(11)13)7-17-3-1-9(2-4-17)8-20(16,18)19/h9-12H,1-8H2,(H2,16,18,19). The van der Waals surface area contributed by atoms with Gasteiger partial charge in [0.1, 0.15) is 0 Å². The Labute approximate surface area is 118 Å². The smallest absolute Gasteiger partial charge is 0.254 e. The molecule has 1 aliphatic heterocycles. The third kappa shape index (κ3) is 2.99. The number of alkyl halides is 2. The minimum absolute atomic E-state index is 0.0701. The number of halogens is 2. The summed E-state index contributed by atoms with van der Waals surface area (Å²) in [6.07, 6.45) is 3.00. The molecule has 2 aliphatic carbocycles. The monoisotopic (exact) mass is 308 g/mol. The van der Waals surface area contributed by atoms with E-state index in [0.717, 1.165) is 32.5 Å². The highest BCUT2D eigenvalue weighted by Crippen LogP contribution is 2.65. The van der Waals surface area contributed by atoms with E-state index in [4.69, 9.17) is 5.14 Å². The molecule has 0 amide bonds. The summed E-state index contributed by atoms with van der Waals surface area (Å²) in [5, 5.41) is 5.07. The highest BCUT2D eigenvalue weighted by atomic mass is 32.2. The molecule has 0 spiro atoms. The molecule has 1 saturated heterocycles. The number of likely N-dealkylation sites (tertiary alicyclic amines) is 1. The number of nitrogens with two attached hydrogens (primary N) is 1. The first-order valence-electron chi connectivity index (χ1n) is 7.36. The molecule has 3 fully saturated rings. The van der Waals surface area contributed by atoms with Crippen LogP contribution in [0.25, 0.3) is 0 Å². The Hall–Kier alpha value is -0.270. The van der Waals surface area contributed by atoms with Crippen LogP contribution in [0.1, 0.15) is 25.7 Å². The van der Waals surface area contributed by atoms with E-state index in [0.29, 0.717) is 18.8 Å². The molecule has 2 saturated carbocycles. The molecular formula is C13H22F2N2O2S. The molecule has 0 bridgehead atoms. The molecule has 0 aromatic carbocycles. The first kappa shape index (κ1) is 14.7. The molecule has 4 nitrogen and oxygen atoms in total. The van der Waals surface area contributed by atoms with Gasteiger partial charge in [0.05, 0.1) is 5.75 Å². The van der Waals surface area contributed by atoms with Crippen molar-refractivity contribution in [2.75, 3.05) is 25.4 Å². The minimum atomic E-state index is -3.38. The molecule has 3 aliphatic rings. The zero-order valence-electron chi connectivity index (χ0n) is 11.5. The number of nitrogens with zero attached hydrogens (tertiary/aromatic N) is 1. The van der Waals surface area contributed by atoms with Crippen LogP contribution in [0.5, 0.6) is 0 Å². The van der Waals surface area contributed by atoms with Gasteiger partial charge in [0.15, 0.2) is 0 Å². The van der Waals surface area contributed by atoms with E-state index in [-0.39, 0.29) is 23.5 Å². The summed E-state index contributed by atoms with van der Waals surface area (Å²) in [7, 11) is -3.38. The maximum atomic E-state index is 13.1. The van der Waals surface area contributed by atoms with Gasteiger partial charge in [-0.05, 0) is 50.6 Å². The van der Waals surface area contributed by atoms with Crippen LogP contribution < -0.4 is 5.14 Å². The zero-order chi connectivity index (χ0) is 14.5. The topological polar surface area (TPSA) is 63.4 Å². The Bertz CT molecular complexity index is 461. The van der Waals surface area contributed by atoms with Crippen molar-refractivity contribution >= 4 is 10.0 Å². The lowest BCUT2D eigenvalue weighted by Gasteiger charge is -2.33. The summed E-state index contributed by atoms with van der Waals surface area (Å²) in [4.78, 5) is 2.30. The van der Waals surface area contributed by atoms with Crippen LogP contribution in [-0.4, -0.2) is 44.6 Å².